The largest absolute Gasteiger partial charge is 0.330 e. The molecule has 1 aliphatic rings. The summed E-state index contributed by atoms with van der Waals surface area (Å²) in [5, 5.41) is 3.63. The Labute approximate surface area is 141 Å². The van der Waals surface area contributed by atoms with Gasteiger partial charge in [-0.25, -0.2) is 0 Å². The number of halogens is 1. The molecule has 1 aromatic carbocycles. The summed E-state index contributed by atoms with van der Waals surface area (Å²) in [6.45, 7) is 0.686. The van der Waals surface area contributed by atoms with Gasteiger partial charge in [-0.3, -0.25) is 4.79 Å². The number of hydrogen-bond donors (Lipinski definition) is 0. The Morgan fingerprint density at radius 3 is 2.73 bits per heavy atom. The summed E-state index contributed by atoms with van der Waals surface area (Å²) in [5.41, 5.74) is 0. The number of carbonyl (C=O) groups excluding carboxylic acids is 1. The molecule has 1 aliphatic carbocycles. The van der Waals surface area contributed by atoms with Gasteiger partial charge >= 0.3 is 0 Å². The molecule has 112 valence electrons. The maximum absolute atomic E-state index is 13.0. The van der Waals surface area contributed by atoms with Gasteiger partial charge in [-0.1, -0.05) is 35.9 Å². The molecule has 0 spiro atoms. The van der Waals surface area contributed by atoms with Crippen LogP contribution < -0.4 is 0 Å². The van der Waals surface area contributed by atoms with E-state index in [2.05, 4.69) is 11.4 Å². The van der Waals surface area contributed by atoms with Gasteiger partial charge in [0.15, 0.2) is 0 Å². The van der Waals surface area contributed by atoms with Gasteiger partial charge in [-0.2, -0.15) is 0 Å². The van der Waals surface area contributed by atoms with Crippen LogP contribution in [0.4, 0.5) is 0 Å². The van der Waals surface area contributed by atoms with Crippen molar-refractivity contribution in [3.8, 4) is 0 Å². The zero-order valence-electron chi connectivity index (χ0n) is 11.8. The maximum atomic E-state index is 13.0. The number of fused-ring (bicyclic) bond motifs is 1. The van der Waals surface area contributed by atoms with Crippen LogP contribution in [0.1, 0.15) is 27.4 Å². The molecule has 2 aromatic heterocycles. The SMILES string of the molecule is O=C(c1sc2ccccc2c1Cl)N(Cc1cccs1)C1CC1. The predicted molar refractivity (Wildman–Crippen MR) is 94.0 cm³/mol. The molecule has 0 unspecified atom stereocenters. The molecule has 0 aliphatic heterocycles. The molecule has 0 saturated heterocycles. The molecule has 0 bridgehead atoms. The van der Waals surface area contributed by atoms with E-state index in [1.165, 1.54) is 16.2 Å². The van der Waals surface area contributed by atoms with E-state index in [0.29, 0.717) is 22.5 Å². The van der Waals surface area contributed by atoms with Crippen LogP contribution in [0.2, 0.25) is 5.02 Å². The third-order valence-corrected chi connectivity index (χ3v) is 6.41. The van der Waals surface area contributed by atoms with Crippen LogP contribution >= 0.6 is 34.3 Å². The lowest BCUT2D eigenvalue weighted by Crippen LogP contribution is -2.31. The lowest BCUT2D eigenvalue weighted by Gasteiger charge is -2.21. The molecule has 1 fully saturated rings. The zero-order valence-corrected chi connectivity index (χ0v) is 14.2. The van der Waals surface area contributed by atoms with E-state index in [4.69, 9.17) is 11.6 Å². The van der Waals surface area contributed by atoms with Crippen LogP contribution in [0.25, 0.3) is 10.1 Å². The van der Waals surface area contributed by atoms with Crippen LogP contribution in [-0.2, 0) is 6.54 Å². The quantitative estimate of drug-likeness (QED) is 0.617. The van der Waals surface area contributed by atoms with Gasteiger partial charge in [0.25, 0.3) is 5.91 Å². The number of nitrogens with zero attached hydrogens (tertiary/aromatic N) is 1. The summed E-state index contributed by atoms with van der Waals surface area (Å²) in [6, 6.07) is 12.4. The fraction of sp³-hybridized carbons (Fsp3) is 0.235. The topological polar surface area (TPSA) is 20.3 Å². The normalized spacial score (nSPS) is 14.4. The minimum Gasteiger partial charge on any atom is -0.330 e. The van der Waals surface area contributed by atoms with E-state index in [0.717, 1.165) is 22.9 Å². The van der Waals surface area contributed by atoms with Gasteiger partial charge < -0.3 is 4.90 Å². The fourth-order valence-electron chi connectivity index (χ4n) is 2.61. The van der Waals surface area contributed by atoms with Gasteiger partial charge in [0.1, 0.15) is 4.88 Å². The number of thiophene rings is 2. The van der Waals surface area contributed by atoms with Crippen molar-refractivity contribution in [1.82, 2.24) is 4.90 Å². The summed E-state index contributed by atoms with van der Waals surface area (Å²) < 4.78 is 1.07. The third-order valence-electron chi connectivity index (χ3n) is 3.88. The van der Waals surface area contributed by atoms with Crippen molar-refractivity contribution in [3.05, 3.63) is 56.6 Å². The third kappa shape index (κ3) is 2.56. The summed E-state index contributed by atoms with van der Waals surface area (Å²) in [6.07, 6.45) is 2.19. The highest BCUT2D eigenvalue weighted by Gasteiger charge is 2.35. The van der Waals surface area contributed by atoms with Crippen LogP contribution in [-0.4, -0.2) is 16.8 Å². The Hall–Kier alpha value is -1.36. The Morgan fingerprint density at radius 2 is 2.05 bits per heavy atom. The lowest BCUT2D eigenvalue weighted by atomic mass is 10.2. The smallest absolute Gasteiger partial charge is 0.266 e. The molecule has 1 amide bonds. The molecule has 1 saturated carbocycles. The minimum absolute atomic E-state index is 0.0714. The van der Waals surface area contributed by atoms with Crippen LogP contribution in [0.5, 0.6) is 0 Å². The summed E-state index contributed by atoms with van der Waals surface area (Å²) in [5.74, 6) is 0.0714. The summed E-state index contributed by atoms with van der Waals surface area (Å²) >= 11 is 9.66. The molecule has 0 N–H and O–H groups in total. The highest BCUT2D eigenvalue weighted by atomic mass is 35.5. The minimum atomic E-state index is 0.0714. The number of hydrogen-bond acceptors (Lipinski definition) is 3. The first-order chi connectivity index (χ1) is 10.7. The second kappa shape index (κ2) is 5.69. The number of amides is 1. The van der Waals surface area contributed by atoms with Crippen molar-refractivity contribution in [2.75, 3.05) is 0 Å². The maximum Gasteiger partial charge on any atom is 0.266 e. The molecule has 0 atom stereocenters. The standard InChI is InChI=1S/C17H14ClNOS2/c18-15-13-5-1-2-6-14(13)22-16(15)17(20)19(11-7-8-11)10-12-4-3-9-21-12/h1-6,9,11H,7-8,10H2. The van der Waals surface area contributed by atoms with E-state index >= 15 is 0 Å². The van der Waals surface area contributed by atoms with E-state index in [1.807, 2.05) is 35.2 Å². The average molecular weight is 348 g/mol. The van der Waals surface area contributed by atoms with Crippen molar-refractivity contribution >= 4 is 50.3 Å². The molecule has 22 heavy (non-hydrogen) atoms. The lowest BCUT2D eigenvalue weighted by molar-refractivity contribution is 0.0737. The van der Waals surface area contributed by atoms with Gasteiger partial charge in [0.2, 0.25) is 0 Å². The number of rotatable bonds is 4. The fourth-order valence-corrected chi connectivity index (χ4v) is 4.78. The van der Waals surface area contributed by atoms with E-state index in [9.17, 15) is 4.79 Å². The van der Waals surface area contributed by atoms with Crippen molar-refractivity contribution in [2.24, 2.45) is 0 Å². The molecular weight excluding hydrogens is 334 g/mol. The Bertz CT molecular complexity index is 820. The summed E-state index contributed by atoms with van der Waals surface area (Å²) in [4.78, 5) is 16.9. The predicted octanol–water partition coefficient (Wildman–Crippen LogP) is 5.42. The van der Waals surface area contributed by atoms with Crippen LogP contribution in [0.15, 0.2) is 41.8 Å². The van der Waals surface area contributed by atoms with Crippen molar-refractivity contribution in [2.45, 2.75) is 25.4 Å². The van der Waals surface area contributed by atoms with Crippen LogP contribution in [0.3, 0.4) is 0 Å². The molecule has 0 radical (unpaired) electrons. The first-order valence-electron chi connectivity index (χ1n) is 7.24. The average Bonchev–Trinajstić information content (AvgIpc) is 3.14. The van der Waals surface area contributed by atoms with Crippen molar-refractivity contribution < 1.29 is 4.79 Å². The molecular formula is C17H14ClNOS2. The number of benzene rings is 1. The van der Waals surface area contributed by atoms with E-state index < -0.39 is 0 Å². The van der Waals surface area contributed by atoms with Gasteiger partial charge in [-0.15, -0.1) is 22.7 Å². The van der Waals surface area contributed by atoms with Gasteiger partial charge in [-0.05, 0) is 30.4 Å². The monoisotopic (exact) mass is 347 g/mol. The van der Waals surface area contributed by atoms with Crippen molar-refractivity contribution in [1.29, 1.82) is 0 Å². The molecule has 2 heterocycles. The van der Waals surface area contributed by atoms with Crippen LogP contribution in [0, 0.1) is 0 Å². The second-order valence-corrected chi connectivity index (χ2v) is 7.95. The zero-order chi connectivity index (χ0) is 15.1. The van der Waals surface area contributed by atoms with E-state index in [-0.39, 0.29) is 5.91 Å². The Kier molecular flexibility index (Phi) is 3.68. The molecule has 4 rings (SSSR count). The van der Waals surface area contributed by atoms with Crippen molar-refractivity contribution in [3.63, 3.8) is 0 Å². The van der Waals surface area contributed by atoms with Gasteiger partial charge in [0, 0.05) is 21.0 Å². The summed E-state index contributed by atoms with van der Waals surface area (Å²) in [7, 11) is 0. The van der Waals surface area contributed by atoms with E-state index in [1.54, 1.807) is 11.3 Å². The molecule has 3 aromatic rings. The molecule has 2 nitrogen and oxygen atoms in total. The highest BCUT2D eigenvalue weighted by Crippen LogP contribution is 2.38. The Balaban J connectivity index is 1.69. The number of carbonyl (C=O) groups is 1. The first-order valence-corrected chi connectivity index (χ1v) is 9.32. The molecule has 5 heteroatoms. The second-order valence-electron chi connectivity index (χ2n) is 5.48. The highest BCUT2D eigenvalue weighted by molar-refractivity contribution is 7.21. The first kappa shape index (κ1) is 14.2. The van der Waals surface area contributed by atoms with Gasteiger partial charge in [0.05, 0.1) is 11.6 Å². The Morgan fingerprint density at radius 1 is 1.23 bits per heavy atom.